The normalized spacial score (nSPS) is 12.4. The largest absolute Gasteiger partial charge is 0.347 e. The number of anilines is 1. The van der Waals surface area contributed by atoms with Gasteiger partial charge in [0.25, 0.3) is 0 Å². The van der Waals surface area contributed by atoms with E-state index in [9.17, 15) is 0 Å². The number of aromatic nitrogens is 2. The molecule has 0 aromatic carbocycles. The van der Waals surface area contributed by atoms with Crippen molar-refractivity contribution < 1.29 is 0 Å². The molecule has 3 nitrogen and oxygen atoms in total. The second-order valence-electron chi connectivity index (χ2n) is 4.02. The molecular formula is C13H17N3S. The van der Waals surface area contributed by atoms with Gasteiger partial charge in [-0.3, -0.25) is 0 Å². The number of hydrogen-bond donors (Lipinski definition) is 1. The van der Waals surface area contributed by atoms with Crippen LogP contribution in [0.2, 0.25) is 0 Å². The molecule has 2 heterocycles. The van der Waals surface area contributed by atoms with Crippen LogP contribution < -0.4 is 5.32 Å². The summed E-state index contributed by atoms with van der Waals surface area (Å²) in [5.74, 6) is 0.719. The minimum Gasteiger partial charge on any atom is -0.347 e. The maximum Gasteiger partial charge on any atom is 0.223 e. The van der Waals surface area contributed by atoms with Crippen molar-refractivity contribution in [2.45, 2.75) is 32.7 Å². The van der Waals surface area contributed by atoms with Crippen LogP contribution in [0.15, 0.2) is 29.8 Å². The van der Waals surface area contributed by atoms with Crippen molar-refractivity contribution >= 4 is 17.3 Å². The fourth-order valence-corrected chi connectivity index (χ4v) is 2.55. The smallest absolute Gasteiger partial charge is 0.223 e. The summed E-state index contributed by atoms with van der Waals surface area (Å²) in [5, 5.41) is 5.52. The lowest BCUT2D eigenvalue weighted by molar-refractivity contribution is 0.680. The highest BCUT2D eigenvalue weighted by molar-refractivity contribution is 7.10. The van der Waals surface area contributed by atoms with Crippen molar-refractivity contribution in [3.8, 4) is 0 Å². The van der Waals surface area contributed by atoms with Gasteiger partial charge in [-0.15, -0.1) is 11.3 Å². The van der Waals surface area contributed by atoms with E-state index in [2.05, 4.69) is 39.7 Å². The van der Waals surface area contributed by atoms with Crippen LogP contribution in [0, 0.1) is 6.92 Å². The van der Waals surface area contributed by atoms with Crippen LogP contribution >= 0.6 is 11.3 Å². The zero-order valence-corrected chi connectivity index (χ0v) is 11.0. The van der Waals surface area contributed by atoms with Crippen molar-refractivity contribution in [3.05, 3.63) is 40.3 Å². The van der Waals surface area contributed by atoms with Crippen molar-refractivity contribution in [2.24, 2.45) is 0 Å². The van der Waals surface area contributed by atoms with E-state index in [0.717, 1.165) is 24.5 Å². The number of aryl methyl sites for hydroxylation is 1. The monoisotopic (exact) mass is 247 g/mol. The van der Waals surface area contributed by atoms with Gasteiger partial charge in [0, 0.05) is 16.8 Å². The number of nitrogens with one attached hydrogen (secondary N) is 1. The summed E-state index contributed by atoms with van der Waals surface area (Å²) in [6.07, 6.45) is 4.03. The van der Waals surface area contributed by atoms with Crippen LogP contribution in [0.1, 0.15) is 36.4 Å². The first kappa shape index (κ1) is 12.0. The second-order valence-corrected chi connectivity index (χ2v) is 5.00. The lowest BCUT2D eigenvalue weighted by Gasteiger charge is -2.16. The number of thiophene rings is 1. The standard InChI is InChI=1S/C13H17N3S/c1-3-5-11(12-6-4-9-17-12)16-13-14-8-7-10(2)15-13/h4,6-9,11H,3,5H2,1-2H3,(H,14,15,16). The highest BCUT2D eigenvalue weighted by atomic mass is 32.1. The molecule has 90 valence electrons. The van der Waals surface area contributed by atoms with Gasteiger partial charge in [-0.05, 0) is 30.9 Å². The van der Waals surface area contributed by atoms with Gasteiger partial charge < -0.3 is 5.32 Å². The van der Waals surface area contributed by atoms with E-state index in [-0.39, 0.29) is 0 Å². The Labute approximate surface area is 106 Å². The Morgan fingerprint density at radius 3 is 2.94 bits per heavy atom. The molecule has 0 amide bonds. The SMILES string of the molecule is CCCC(Nc1nccc(C)n1)c1cccs1. The van der Waals surface area contributed by atoms with Crippen LogP contribution in [0.25, 0.3) is 0 Å². The molecule has 2 aromatic heterocycles. The van der Waals surface area contributed by atoms with Gasteiger partial charge in [-0.2, -0.15) is 0 Å². The summed E-state index contributed by atoms with van der Waals surface area (Å²) >= 11 is 1.78. The molecule has 2 rings (SSSR count). The molecule has 0 fully saturated rings. The Kier molecular flexibility index (Phi) is 4.09. The summed E-state index contributed by atoms with van der Waals surface area (Å²) in [7, 11) is 0. The van der Waals surface area contributed by atoms with Crippen LogP contribution in [-0.2, 0) is 0 Å². The Morgan fingerprint density at radius 1 is 1.41 bits per heavy atom. The van der Waals surface area contributed by atoms with E-state index in [0.29, 0.717) is 6.04 Å². The highest BCUT2D eigenvalue weighted by Crippen LogP contribution is 2.26. The Bertz CT molecular complexity index is 453. The van der Waals surface area contributed by atoms with Gasteiger partial charge in [0.05, 0.1) is 6.04 Å². The molecule has 1 atom stereocenters. The quantitative estimate of drug-likeness (QED) is 0.873. The summed E-state index contributed by atoms with van der Waals surface area (Å²) in [5.41, 5.74) is 0.990. The molecule has 0 bridgehead atoms. The Balaban J connectivity index is 2.13. The van der Waals surface area contributed by atoms with Gasteiger partial charge in [-0.1, -0.05) is 19.4 Å². The van der Waals surface area contributed by atoms with Crippen LogP contribution in [0.3, 0.4) is 0 Å². The lowest BCUT2D eigenvalue weighted by Crippen LogP contribution is -2.11. The summed E-state index contributed by atoms with van der Waals surface area (Å²) in [6.45, 7) is 4.17. The number of rotatable bonds is 5. The first-order valence-electron chi connectivity index (χ1n) is 5.89. The zero-order chi connectivity index (χ0) is 12.1. The molecule has 0 radical (unpaired) electrons. The number of hydrogen-bond acceptors (Lipinski definition) is 4. The van der Waals surface area contributed by atoms with Gasteiger partial charge in [-0.25, -0.2) is 9.97 Å². The van der Waals surface area contributed by atoms with Crippen molar-refractivity contribution in [2.75, 3.05) is 5.32 Å². The summed E-state index contributed by atoms with van der Waals surface area (Å²) < 4.78 is 0. The third-order valence-electron chi connectivity index (χ3n) is 2.56. The third kappa shape index (κ3) is 3.27. The van der Waals surface area contributed by atoms with E-state index in [1.165, 1.54) is 4.88 Å². The predicted octanol–water partition coefficient (Wildman–Crippen LogP) is 3.80. The minimum atomic E-state index is 0.321. The average molecular weight is 247 g/mol. The maximum absolute atomic E-state index is 4.39. The van der Waals surface area contributed by atoms with E-state index in [1.807, 2.05) is 13.0 Å². The van der Waals surface area contributed by atoms with E-state index in [4.69, 9.17) is 0 Å². The van der Waals surface area contributed by atoms with Crippen LogP contribution in [0.5, 0.6) is 0 Å². The molecule has 1 N–H and O–H groups in total. The molecule has 0 saturated heterocycles. The van der Waals surface area contributed by atoms with Gasteiger partial charge in [0.15, 0.2) is 0 Å². The highest BCUT2D eigenvalue weighted by Gasteiger charge is 2.12. The van der Waals surface area contributed by atoms with Gasteiger partial charge in [0.2, 0.25) is 5.95 Å². The molecule has 0 spiro atoms. The first-order valence-corrected chi connectivity index (χ1v) is 6.77. The number of nitrogens with zero attached hydrogens (tertiary/aromatic N) is 2. The van der Waals surface area contributed by atoms with Crippen LogP contribution in [-0.4, -0.2) is 9.97 Å². The predicted molar refractivity (Wildman–Crippen MR) is 72.4 cm³/mol. The molecule has 2 aromatic rings. The van der Waals surface area contributed by atoms with Crippen molar-refractivity contribution in [1.29, 1.82) is 0 Å². The van der Waals surface area contributed by atoms with E-state index < -0.39 is 0 Å². The van der Waals surface area contributed by atoms with E-state index in [1.54, 1.807) is 17.5 Å². The van der Waals surface area contributed by atoms with E-state index >= 15 is 0 Å². The van der Waals surface area contributed by atoms with Gasteiger partial charge >= 0.3 is 0 Å². The molecule has 0 aliphatic carbocycles. The Morgan fingerprint density at radius 2 is 2.29 bits per heavy atom. The topological polar surface area (TPSA) is 37.8 Å². The molecule has 0 aliphatic heterocycles. The minimum absolute atomic E-state index is 0.321. The molecule has 0 saturated carbocycles. The average Bonchev–Trinajstić information content (AvgIpc) is 2.82. The maximum atomic E-state index is 4.39. The fraction of sp³-hybridized carbons (Fsp3) is 0.385. The summed E-state index contributed by atoms with van der Waals surface area (Å²) in [4.78, 5) is 9.99. The van der Waals surface area contributed by atoms with Gasteiger partial charge in [0.1, 0.15) is 0 Å². The lowest BCUT2D eigenvalue weighted by atomic mass is 10.1. The molecule has 17 heavy (non-hydrogen) atoms. The summed E-state index contributed by atoms with van der Waals surface area (Å²) in [6, 6.07) is 6.47. The Hall–Kier alpha value is -1.42. The first-order chi connectivity index (χ1) is 8.29. The zero-order valence-electron chi connectivity index (χ0n) is 10.2. The molecule has 1 unspecified atom stereocenters. The molecule has 0 aliphatic rings. The van der Waals surface area contributed by atoms with Crippen molar-refractivity contribution in [1.82, 2.24) is 9.97 Å². The van der Waals surface area contributed by atoms with Crippen molar-refractivity contribution in [3.63, 3.8) is 0 Å². The molecule has 4 heteroatoms. The van der Waals surface area contributed by atoms with Crippen LogP contribution in [0.4, 0.5) is 5.95 Å². The third-order valence-corrected chi connectivity index (χ3v) is 3.55. The molecular weight excluding hydrogens is 230 g/mol. The second kappa shape index (κ2) is 5.77. The fourth-order valence-electron chi connectivity index (χ4n) is 1.74.